The first-order chi connectivity index (χ1) is 10.3. The molecular formula is C14H23BrN2O4S. The second kappa shape index (κ2) is 8.71. The number of aromatic hydroxyl groups is 1. The molecule has 0 fully saturated rings. The standard InChI is InChI=1S/C14H23BrN2O4S/c1-4-17(22(3,19)20)7-5-6-16-10-11-8-12(15)14(18)13(9-11)21-2/h8-9,16,18H,4-7,10H2,1-3H3. The van der Waals surface area contributed by atoms with Crippen molar-refractivity contribution in [1.29, 1.82) is 0 Å². The fraction of sp³-hybridized carbons (Fsp3) is 0.571. The van der Waals surface area contributed by atoms with Gasteiger partial charge in [-0.1, -0.05) is 6.92 Å². The lowest BCUT2D eigenvalue weighted by atomic mass is 10.2. The van der Waals surface area contributed by atoms with Crippen LogP contribution < -0.4 is 10.1 Å². The molecule has 0 aromatic heterocycles. The Bertz CT molecular complexity index is 593. The first-order valence-electron chi connectivity index (χ1n) is 7.00. The van der Waals surface area contributed by atoms with Crippen molar-refractivity contribution < 1.29 is 18.3 Å². The summed E-state index contributed by atoms with van der Waals surface area (Å²) < 4.78 is 30.0. The van der Waals surface area contributed by atoms with Crippen LogP contribution in [0.4, 0.5) is 0 Å². The average Bonchev–Trinajstić information content (AvgIpc) is 2.44. The molecule has 0 saturated heterocycles. The minimum Gasteiger partial charge on any atom is -0.503 e. The zero-order chi connectivity index (χ0) is 16.8. The van der Waals surface area contributed by atoms with Gasteiger partial charge in [0.05, 0.1) is 17.8 Å². The lowest BCUT2D eigenvalue weighted by Gasteiger charge is -2.17. The van der Waals surface area contributed by atoms with Crippen molar-refractivity contribution in [1.82, 2.24) is 9.62 Å². The van der Waals surface area contributed by atoms with Crippen LogP contribution in [0.25, 0.3) is 0 Å². The monoisotopic (exact) mass is 394 g/mol. The molecule has 1 rings (SSSR count). The van der Waals surface area contributed by atoms with Gasteiger partial charge in [-0.15, -0.1) is 0 Å². The number of ether oxygens (including phenoxy) is 1. The molecule has 0 aliphatic heterocycles. The normalized spacial score (nSPS) is 11.9. The minimum atomic E-state index is -3.12. The van der Waals surface area contributed by atoms with Crippen LogP contribution in [0.5, 0.6) is 11.5 Å². The summed E-state index contributed by atoms with van der Waals surface area (Å²) in [5, 5.41) is 13.0. The molecule has 0 aliphatic carbocycles. The van der Waals surface area contributed by atoms with Crippen LogP contribution in [0.15, 0.2) is 16.6 Å². The van der Waals surface area contributed by atoms with Gasteiger partial charge in [0.2, 0.25) is 10.0 Å². The predicted molar refractivity (Wildman–Crippen MR) is 90.8 cm³/mol. The Morgan fingerprint density at radius 3 is 2.64 bits per heavy atom. The van der Waals surface area contributed by atoms with E-state index in [0.29, 0.717) is 36.4 Å². The van der Waals surface area contributed by atoms with Crippen molar-refractivity contribution in [2.24, 2.45) is 0 Å². The zero-order valence-electron chi connectivity index (χ0n) is 13.1. The highest BCUT2D eigenvalue weighted by Crippen LogP contribution is 2.35. The van der Waals surface area contributed by atoms with Gasteiger partial charge >= 0.3 is 0 Å². The minimum absolute atomic E-state index is 0.0815. The van der Waals surface area contributed by atoms with Gasteiger partial charge in [-0.3, -0.25) is 0 Å². The van der Waals surface area contributed by atoms with Gasteiger partial charge in [0.25, 0.3) is 0 Å². The summed E-state index contributed by atoms with van der Waals surface area (Å²) in [7, 11) is -1.62. The second-order valence-electron chi connectivity index (χ2n) is 4.91. The molecule has 0 unspecified atom stereocenters. The number of nitrogens with one attached hydrogen (secondary N) is 1. The Morgan fingerprint density at radius 2 is 2.09 bits per heavy atom. The molecule has 2 N–H and O–H groups in total. The SMILES string of the molecule is CCN(CCCNCc1cc(Br)c(O)c(OC)c1)S(C)(=O)=O. The van der Waals surface area contributed by atoms with Gasteiger partial charge in [-0.25, -0.2) is 12.7 Å². The maximum Gasteiger partial charge on any atom is 0.211 e. The van der Waals surface area contributed by atoms with Crippen LogP contribution in [-0.2, 0) is 16.6 Å². The van der Waals surface area contributed by atoms with Gasteiger partial charge in [0, 0.05) is 19.6 Å². The molecule has 1 aromatic carbocycles. The van der Waals surface area contributed by atoms with E-state index in [4.69, 9.17) is 4.74 Å². The topological polar surface area (TPSA) is 78.9 Å². The van der Waals surface area contributed by atoms with Crippen molar-refractivity contribution >= 4 is 26.0 Å². The van der Waals surface area contributed by atoms with Crippen molar-refractivity contribution in [3.63, 3.8) is 0 Å². The smallest absolute Gasteiger partial charge is 0.211 e. The van der Waals surface area contributed by atoms with E-state index >= 15 is 0 Å². The summed E-state index contributed by atoms with van der Waals surface area (Å²) in [5.41, 5.74) is 0.969. The largest absolute Gasteiger partial charge is 0.503 e. The molecule has 0 saturated carbocycles. The summed E-state index contributed by atoms with van der Waals surface area (Å²) in [4.78, 5) is 0. The quantitative estimate of drug-likeness (QED) is 0.625. The fourth-order valence-electron chi connectivity index (χ4n) is 2.06. The van der Waals surface area contributed by atoms with E-state index in [1.54, 1.807) is 6.07 Å². The number of sulfonamides is 1. The summed E-state index contributed by atoms with van der Waals surface area (Å²) >= 11 is 3.28. The third-order valence-electron chi connectivity index (χ3n) is 3.22. The molecule has 1 aromatic rings. The van der Waals surface area contributed by atoms with Crippen LogP contribution in [0, 0.1) is 0 Å². The lowest BCUT2D eigenvalue weighted by Crippen LogP contribution is -2.32. The molecule has 126 valence electrons. The number of hydrogen-bond donors (Lipinski definition) is 2. The van der Waals surface area contributed by atoms with Gasteiger partial charge in [0.15, 0.2) is 11.5 Å². The van der Waals surface area contributed by atoms with Crippen LogP contribution in [0.3, 0.4) is 0 Å². The van der Waals surface area contributed by atoms with Crippen molar-refractivity contribution in [3.8, 4) is 11.5 Å². The maximum absolute atomic E-state index is 11.5. The van der Waals surface area contributed by atoms with Gasteiger partial charge in [0.1, 0.15) is 0 Å². The number of halogens is 1. The second-order valence-corrected chi connectivity index (χ2v) is 7.75. The summed E-state index contributed by atoms with van der Waals surface area (Å²) in [5.74, 6) is 0.499. The van der Waals surface area contributed by atoms with E-state index in [2.05, 4.69) is 21.2 Å². The van der Waals surface area contributed by atoms with Gasteiger partial charge < -0.3 is 15.2 Å². The first-order valence-corrected chi connectivity index (χ1v) is 9.65. The predicted octanol–water partition coefficient (Wildman–Crippen LogP) is 1.92. The van der Waals surface area contributed by atoms with Gasteiger partial charge in [-0.2, -0.15) is 0 Å². The van der Waals surface area contributed by atoms with E-state index in [0.717, 1.165) is 12.0 Å². The molecule has 22 heavy (non-hydrogen) atoms. The number of methoxy groups -OCH3 is 1. The Morgan fingerprint density at radius 1 is 1.41 bits per heavy atom. The van der Waals surface area contributed by atoms with E-state index < -0.39 is 10.0 Å². The van der Waals surface area contributed by atoms with E-state index in [1.807, 2.05) is 13.0 Å². The third kappa shape index (κ3) is 5.75. The number of phenols is 1. The molecule has 0 heterocycles. The molecule has 8 heteroatoms. The molecule has 0 aliphatic rings. The molecule has 0 atom stereocenters. The van der Waals surface area contributed by atoms with Crippen LogP contribution >= 0.6 is 15.9 Å². The molecule has 0 bridgehead atoms. The van der Waals surface area contributed by atoms with Gasteiger partial charge in [-0.05, 0) is 46.6 Å². The number of rotatable bonds is 9. The molecule has 0 amide bonds. The maximum atomic E-state index is 11.5. The number of hydrogen-bond acceptors (Lipinski definition) is 5. The Labute approximate surface area is 140 Å². The molecule has 6 nitrogen and oxygen atoms in total. The summed E-state index contributed by atoms with van der Waals surface area (Å²) in [6, 6.07) is 3.58. The van der Waals surface area contributed by atoms with E-state index in [9.17, 15) is 13.5 Å². The van der Waals surface area contributed by atoms with Crippen LogP contribution in [-0.4, -0.2) is 50.8 Å². The summed E-state index contributed by atoms with van der Waals surface area (Å²) in [6.07, 6.45) is 1.96. The molecule has 0 spiro atoms. The third-order valence-corrected chi connectivity index (χ3v) is 5.20. The van der Waals surface area contributed by atoms with E-state index in [-0.39, 0.29) is 5.75 Å². The highest BCUT2D eigenvalue weighted by molar-refractivity contribution is 9.10. The number of nitrogens with zero attached hydrogens (tertiary/aromatic N) is 1. The van der Waals surface area contributed by atoms with Crippen molar-refractivity contribution in [2.45, 2.75) is 19.9 Å². The molecular weight excluding hydrogens is 372 g/mol. The van der Waals surface area contributed by atoms with Crippen LogP contribution in [0.1, 0.15) is 18.9 Å². The highest BCUT2D eigenvalue weighted by Gasteiger charge is 2.13. The molecule has 0 radical (unpaired) electrons. The Balaban J connectivity index is 2.44. The highest BCUT2D eigenvalue weighted by atomic mass is 79.9. The fourth-order valence-corrected chi connectivity index (χ4v) is 3.48. The first kappa shape index (κ1) is 19.2. The summed E-state index contributed by atoms with van der Waals surface area (Å²) in [6.45, 7) is 4.13. The van der Waals surface area contributed by atoms with Crippen LogP contribution in [0.2, 0.25) is 0 Å². The van der Waals surface area contributed by atoms with Crippen molar-refractivity contribution in [2.75, 3.05) is 33.0 Å². The Kier molecular flexibility index (Phi) is 7.61. The Hall–Kier alpha value is -0.830. The number of phenolic OH excluding ortho intramolecular Hbond substituents is 1. The van der Waals surface area contributed by atoms with E-state index in [1.165, 1.54) is 17.7 Å². The lowest BCUT2D eigenvalue weighted by molar-refractivity contribution is 0.371. The zero-order valence-corrected chi connectivity index (χ0v) is 15.5. The van der Waals surface area contributed by atoms with Crippen molar-refractivity contribution in [3.05, 3.63) is 22.2 Å². The average molecular weight is 395 g/mol. The number of benzene rings is 1.